The lowest BCUT2D eigenvalue weighted by Gasteiger charge is -2.24. The first kappa shape index (κ1) is 16.7. The molecule has 0 fully saturated rings. The first-order valence-corrected chi connectivity index (χ1v) is 7.70. The maximum Gasteiger partial charge on any atom is 0.234 e. The lowest BCUT2D eigenvalue weighted by molar-refractivity contribution is -0.120. The van der Waals surface area contributed by atoms with Gasteiger partial charge in [-0.2, -0.15) is 0 Å². The average Bonchev–Trinajstić information content (AvgIpc) is 2.55. The highest BCUT2D eigenvalue weighted by molar-refractivity contribution is 5.99. The molecule has 23 heavy (non-hydrogen) atoms. The third-order valence-electron chi connectivity index (χ3n) is 3.79. The Hall–Kier alpha value is -2.62. The van der Waals surface area contributed by atoms with Crippen molar-refractivity contribution in [2.24, 2.45) is 0 Å². The van der Waals surface area contributed by atoms with Crippen molar-refractivity contribution >= 4 is 23.2 Å². The van der Waals surface area contributed by atoms with Crippen LogP contribution in [-0.4, -0.2) is 11.8 Å². The van der Waals surface area contributed by atoms with E-state index in [1.165, 1.54) is 0 Å². The summed E-state index contributed by atoms with van der Waals surface area (Å²) in [5.41, 5.74) is 1.64. The van der Waals surface area contributed by atoms with Gasteiger partial charge in [-0.25, -0.2) is 0 Å². The number of nitrogens with one attached hydrogen (secondary N) is 2. The van der Waals surface area contributed by atoms with Gasteiger partial charge in [0.25, 0.3) is 0 Å². The van der Waals surface area contributed by atoms with Crippen LogP contribution in [0.2, 0.25) is 0 Å². The van der Waals surface area contributed by atoms with E-state index in [-0.39, 0.29) is 11.8 Å². The molecule has 0 unspecified atom stereocenters. The topological polar surface area (TPSA) is 58.2 Å². The zero-order valence-corrected chi connectivity index (χ0v) is 13.7. The molecule has 2 amide bonds. The summed E-state index contributed by atoms with van der Waals surface area (Å²) in [6.07, 6.45) is 0.414. The molecule has 4 nitrogen and oxygen atoms in total. The van der Waals surface area contributed by atoms with Gasteiger partial charge in [0.1, 0.15) is 0 Å². The molecule has 0 radical (unpaired) electrons. The minimum absolute atomic E-state index is 0.0573. The molecule has 2 N–H and O–H groups in total. The number of hydrogen-bond donors (Lipinski definition) is 2. The number of anilines is 2. The second-order valence-electron chi connectivity index (χ2n) is 5.93. The summed E-state index contributed by atoms with van der Waals surface area (Å²) in [4.78, 5) is 24.1. The predicted molar refractivity (Wildman–Crippen MR) is 93.5 cm³/mol. The Kier molecular flexibility index (Phi) is 5.16. The molecule has 0 aliphatic carbocycles. The van der Waals surface area contributed by atoms with Gasteiger partial charge < -0.3 is 10.6 Å². The van der Waals surface area contributed by atoms with Gasteiger partial charge in [-0.1, -0.05) is 43.3 Å². The Labute approximate surface area is 136 Å². The van der Waals surface area contributed by atoms with E-state index in [9.17, 15) is 9.59 Å². The maximum absolute atomic E-state index is 12.6. The average molecular weight is 310 g/mol. The van der Waals surface area contributed by atoms with Crippen LogP contribution in [0.4, 0.5) is 11.4 Å². The van der Waals surface area contributed by atoms with Crippen LogP contribution < -0.4 is 10.6 Å². The van der Waals surface area contributed by atoms with Crippen molar-refractivity contribution in [1.82, 2.24) is 0 Å². The third kappa shape index (κ3) is 4.19. The van der Waals surface area contributed by atoms with E-state index in [2.05, 4.69) is 10.6 Å². The van der Waals surface area contributed by atoms with E-state index < -0.39 is 5.41 Å². The fourth-order valence-corrected chi connectivity index (χ4v) is 2.20. The maximum atomic E-state index is 12.6. The number of carbonyl (C=O) groups excluding carboxylic acids is 2. The van der Waals surface area contributed by atoms with Gasteiger partial charge in [0.05, 0.1) is 5.41 Å². The van der Waals surface area contributed by atoms with Crippen molar-refractivity contribution in [3.63, 3.8) is 0 Å². The molecule has 0 aromatic heterocycles. The zero-order valence-electron chi connectivity index (χ0n) is 13.7. The van der Waals surface area contributed by atoms with Crippen LogP contribution in [0.1, 0.15) is 32.8 Å². The highest BCUT2D eigenvalue weighted by Crippen LogP contribution is 2.25. The van der Waals surface area contributed by atoms with Crippen LogP contribution >= 0.6 is 0 Å². The molecule has 0 saturated heterocycles. The fraction of sp³-hybridized carbons (Fsp3) is 0.263. The van der Waals surface area contributed by atoms with E-state index in [4.69, 9.17) is 0 Å². The highest BCUT2D eigenvalue weighted by atomic mass is 16.2. The summed E-state index contributed by atoms with van der Waals surface area (Å²) in [7, 11) is 0. The van der Waals surface area contributed by atoms with Gasteiger partial charge in [0.15, 0.2) is 0 Å². The number of carbonyl (C=O) groups is 2. The Bertz CT molecular complexity index is 694. The zero-order chi connectivity index (χ0) is 16.9. The minimum Gasteiger partial charge on any atom is -0.326 e. The van der Waals surface area contributed by atoms with Crippen LogP contribution in [0.25, 0.3) is 0 Å². The van der Waals surface area contributed by atoms with Crippen molar-refractivity contribution in [2.45, 2.75) is 32.6 Å². The monoisotopic (exact) mass is 310 g/mol. The molecular formula is C19H22N2O2. The largest absolute Gasteiger partial charge is 0.326 e. The lowest BCUT2D eigenvalue weighted by Crippen LogP contribution is -2.34. The van der Waals surface area contributed by atoms with Crippen LogP contribution in [0.5, 0.6) is 0 Å². The van der Waals surface area contributed by atoms with Gasteiger partial charge in [0, 0.05) is 17.8 Å². The number of benzene rings is 2. The summed E-state index contributed by atoms with van der Waals surface area (Å²) in [5, 5.41) is 5.71. The third-order valence-corrected chi connectivity index (χ3v) is 3.79. The predicted octanol–water partition coefficient (Wildman–Crippen LogP) is 3.95. The molecule has 0 atom stereocenters. The van der Waals surface area contributed by atoms with Crippen LogP contribution in [0, 0.1) is 0 Å². The Morgan fingerprint density at radius 2 is 1.52 bits per heavy atom. The molecule has 120 valence electrons. The summed E-state index contributed by atoms with van der Waals surface area (Å²) in [5.74, 6) is -0.152. The van der Waals surface area contributed by atoms with Gasteiger partial charge in [-0.3, -0.25) is 9.59 Å². The standard InChI is InChI=1S/C19H22N2O2/c1-4-17(22)20-15-11-8-12-16(13-15)21-18(23)19(2,3)14-9-6-5-7-10-14/h5-13H,4H2,1-3H3,(H,20,22)(H,21,23). The number of amides is 2. The molecule has 0 aliphatic rings. The van der Waals surface area contributed by atoms with Gasteiger partial charge in [0.2, 0.25) is 11.8 Å². The van der Waals surface area contributed by atoms with E-state index in [0.29, 0.717) is 17.8 Å². The van der Waals surface area contributed by atoms with Crippen molar-refractivity contribution in [3.05, 3.63) is 60.2 Å². The summed E-state index contributed by atoms with van der Waals surface area (Å²) in [6, 6.07) is 16.8. The van der Waals surface area contributed by atoms with Crippen LogP contribution in [-0.2, 0) is 15.0 Å². The first-order chi connectivity index (χ1) is 10.9. The molecule has 2 aromatic carbocycles. The van der Waals surface area contributed by atoms with Gasteiger partial charge in [-0.05, 0) is 37.6 Å². The second kappa shape index (κ2) is 7.09. The van der Waals surface area contributed by atoms with Crippen molar-refractivity contribution in [2.75, 3.05) is 10.6 Å². The number of rotatable bonds is 5. The molecule has 0 heterocycles. The summed E-state index contributed by atoms with van der Waals surface area (Å²) >= 11 is 0. The molecule has 2 aromatic rings. The SMILES string of the molecule is CCC(=O)Nc1cccc(NC(=O)C(C)(C)c2ccccc2)c1. The first-order valence-electron chi connectivity index (χ1n) is 7.70. The molecular weight excluding hydrogens is 288 g/mol. The van der Waals surface area contributed by atoms with Crippen molar-refractivity contribution in [1.29, 1.82) is 0 Å². The fourth-order valence-electron chi connectivity index (χ4n) is 2.20. The highest BCUT2D eigenvalue weighted by Gasteiger charge is 2.29. The van der Waals surface area contributed by atoms with Crippen molar-refractivity contribution in [3.8, 4) is 0 Å². The number of hydrogen-bond acceptors (Lipinski definition) is 2. The summed E-state index contributed by atoms with van der Waals surface area (Å²) in [6.45, 7) is 5.57. The molecule has 4 heteroatoms. The molecule has 0 aliphatic heterocycles. The molecule has 0 spiro atoms. The Morgan fingerprint density at radius 3 is 2.13 bits per heavy atom. The molecule has 0 saturated carbocycles. The van der Waals surface area contributed by atoms with E-state index in [0.717, 1.165) is 5.56 Å². The lowest BCUT2D eigenvalue weighted by atomic mass is 9.83. The second-order valence-corrected chi connectivity index (χ2v) is 5.93. The molecule has 2 rings (SSSR count). The molecule has 0 bridgehead atoms. The van der Waals surface area contributed by atoms with Crippen molar-refractivity contribution < 1.29 is 9.59 Å². The van der Waals surface area contributed by atoms with Gasteiger partial charge >= 0.3 is 0 Å². The van der Waals surface area contributed by atoms with Crippen LogP contribution in [0.3, 0.4) is 0 Å². The minimum atomic E-state index is -0.649. The quantitative estimate of drug-likeness (QED) is 0.878. The normalized spacial score (nSPS) is 10.9. The van der Waals surface area contributed by atoms with E-state index in [1.807, 2.05) is 44.2 Å². The van der Waals surface area contributed by atoms with E-state index in [1.54, 1.807) is 31.2 Å². The summed E-state index contributed by atoms with van der Waals surface area (Å²) < 4.78 is 0. The van der Waals surface area contributed by atoms with Gasteiger partial charge in [-0.15, -0.1) is 0 Å². The smallest absolute Gasteiger partial charge is 0.234 e. The Morgan fingerprint density at radius 1 is 0.913 bits per heavy atom. The van der Waals surface area contributed by atoms with E-state index >= 15 is 0 Å². The Balaban J connectivity index is 2.14. The van der Waals surface area contributed by atoms with Crippen LogP contribution in [0.15, 0.2) is 54.6 Å².